The normalized spacial score (nSPS) is 11.6. The van der Waals surface area contributed by atoms with E-state index in [0.717, 1.165) is 0 Å². The number of hydrogen-bond acceptors (Lipinski definition) is 1. The molecule has 66 heavy (non-hydrogen) atoms. The van der Waals surface area contributed by atoms with Gasteiger partial charge in [-0.2, -0.15) is 0 Å². The lowest BCUT2D eigenvalue weighted by atomic mass is 9.93. The first-order valence-electron chi connectivity index (χ1n) is 16.1. The molecule has 0 aliphatic carbocycles. The van der Waals surface area contributed by atoms with E-state index in [1.807, 2.05) is 0 Å². The second-order valence-corrected chi connectivity index (χ2v) is 22.4. The van der Waals surface area contributed by atoms with Gasteiger partial charge in [-0.25, -0.2) is 0 Å². The van der Waals surface area contributed by atoms with E-state index in [0.29, 0.717) is 0 Å². The first kappa shape index (κ1) is 57.5. The molecule has 1 radical (unpaired) electrons. The molecule has 0 heterocycles. The highest BCUT2D eigenvalue weighted by atomic mass is 35.5. The van der Waals surface area contributed by atoms with Gasteiger partial charge >= 0.3 is 0 Å². The van der Waals surface area contributed by atoms with Crippen LogP contribution >= 0.6 is 302 Å². The molecule has 0 aliphatic heterocycles. The summed E-state index contributed by atoms with van der Waals surface area (Å²) in [6, 6.07) is 0. The van der Waals surface area contributed by atoms with Gasteiger partial charge in [0, 0.05) is 54.3 Å². The summed E-state index contributed by atoms with van der Waals surface area (Å²) in [6.45, 7) is 0. The van der Waals surface area contributed by atoms with E-state index in [4.69, 9.17) is 302 Å². The van der Waals surface area contributed by atoms with Gasteiger partial charge in [0.15, 0.2) is 5.75 Å². The number of phenolic OH excluding ortho intramolecular Hbond substituents is 1. The van der Waals surface area contributed by atoms with Gasteiger partial charge in [0.1, 0.15) is 20.1 Å². The summed E-state index contributed by atoms with van der Waals surface area (Å²) in [5, 5.41) is 11.1. The maximum Gasteiger partial charge on any atom is 0.218 e. The zero-order valence-corrected chi connectivity index (χ0v) is 49.3. The minimum absolute atomic E-state index is 0.258. The number of hydrogen-bond donors (Lipinski definition) is 1. The van der Waals surface area contributed by atoms with Crippen molar-refractivity contribution in [2.45, 2.75) is 0 Å². The Kier molecular flexibility index (Phi) is 19.0. The smallest absolute Gasteiger partial charge is 0.218 e. The molecule has 0 saturated carbocycles. The second kappa shape index (κ2) is 21.8. The van der Waals surface area contributed by atoms with Gasteiger partial charge < -0.3 is 5.11 Å². The van der Waals surface area contributed by atoms with E-state index in [-0.39, 0.29) is 105 Å². The molecule has 0 spiro atoms. The third kappa shape index (κ3) is 9.27. The Bertz CT molecular complexity index is 2900. The third-order valence-corrected chi connectivity index (χ3v) is 20.5. The van der Waals surface area contributed by atoms with Gasteiger partial charge in [0.05, 0.1) is 110 Å². The zero-order valence-electron chi connectivity index (χ0n) is 29.7. The number of phenols is 1. The van der Waals surface area contributed by atoms with Gasteiger partial charge in [0.2, 0.25) is 5.75 Å². The fraction of sp³-hybridized carbons (Fsp3) is 0. The molecule has 1 N–H and O–H groups in total. The third-order valence-electron chi connectivity index (χ3n) is 9.16. The van der Waals surface area contributed by atoms with Crippen LogP contribution in [0, 0.1) is 10.4 Å². The van der Waals surface area contributed by atoms with Crippen molar-refractivity contribution in [1.29, 1.82) is 0 Å². The Labute approximate surface area is 501 Å². The molecule has 6 aromatic rings. The predicted molar refractivity (Wildman–Crippen MR) is 291 cm³/mol. The molecule has 0 bridgehead atoms. The van der Waals surface area contributed by atoms with Crippen LogP contribution in [0.5, 0.6) is 11.5 Å². The maximum absolute atomic E-state index is 12.9. The van der Waals surface area contributed by atoms with Crippen molar-refractivity contribution in [2.75, 3.05) is 0 Å². The first-order chi connectivity index (χ1) is 30.5. The minimum atomic E-state index is -0.959. The molecule has 0 amide bonds. The Balaban J connectivity index is 2.00. The minimum Gasteiger partial charge on any atom is -0.505 e. The van der Waals surface area contributed by atoms with Gasteiger partial charge in [-0.3, -0.25) is 5.11 Å². The number of halogens is 26. The number of aromatic hydroxyl groups is 1. The van der Waals surface area contributed by atoms with Crippen LogP contribution in [0.1, 0.15) is 22.3 Å². The van der Waals surface area contributed by atoms with Crippen LogP contribution in [0.2, 0.25) is 131 Å². The Morgan fingerprint density at radius 3 is 0.636 bits per heavy atom. The SMILES string of the molecule is [O]c1c(Cl)c(Cl)c(C(c2c(Cl)c(Cl)c(Cl)c(Cl)c2Cl)=c2c(Cl)c(Cl)c(=c3c(Cl)c(Cl)c(=C(c4c(Cl)c(Cl)c(O)c(Cl)c4Cl)c4c(Cl)c(Cl)c(Cl)c(Cl)c4Cl)c(Cl)c3Cl)c(Cl)c2Cl)c(Cl)c1Cl. The first-order valence-corrected chi connectivity index (χ1v) is 25.9. The molecular formula is C38HCl26O2. The molecule has 0 aliphatic rings. The van der Waals surface area contributed by atoms with Crippen molar-refractivity contribution in [3.05, 3.63) is 174 Å². The molecule has 0 unspecified atom stereocenters. The fourth-order valence-electron chi connectivity index (χ4n) is 6.21. The molecule has 6 rings (SSSR count). The Morgan fingerprint density at radius 2 is 0.409 bits per heavy atom. The molecule has 28 heteroatoms. The van der Waals surface area contributed by atoms with Gasteiger partial charge in [-0.1, -0.05) is 302 Å². The van der Waals surface area contributed by atoms with Crippen molar-refractivity contribution in [2.24, 2.45) is 0 Å². The standard InChI is InChI=1S/C38HCl26O2/c39-11-3(1(5-19(47)27(55)31(59)28(56)20(5)48)7-23(51)33(61)37(65)34(62)24(7)52)12(40)16(44)9(15(11)43)10-17(45)13(41)4(14(42)18(10)46)2(6-21(49)29(57)32(60)30(58)22(6)50)8-25(53)35(63)38(66)36(64)26(8)54/h65H. The molecule has 2 nitrogen and oxygen atoms in total. The highest BCUT2D eigenvalue weighted by Crippen LogP contribution is 2.56. The predicted octanol–water partition coefficient (Wildman–Crippen LogP) is 24.3. The lowest BCUT2D eigenvalue weighted by Gasteiger charge is -2.21. The number of benzene rings is 6. The van der Waals surface area contributed by atoms with Crippen molar-refractivity contribution >= 4 is 313 Å². The van der Waals surface area contributed by atoms with Gasteiger partial charge in [-0.05, 0) is 0 Å². The van der Waals surface area contributed by atoms with E-state index in [1.165, 1.54) is 0 Å². The van der Waals surface area contributed by atoms with E-state index in [9.17, 15) is 10.2 Å². The van der Waals surface area contributed by atoms with Crippen molar-refractivity contribution < 1.29 is 10.2 Å². The van der Waals surface area contributed by atoms with Gasteiger partial charge in [0.25, 0.3) is 0 Å². The van der Waals surface area contributed by atoms with Crippen molar-refractivity contribution in [1.82, 2.24) is 0 Å². The summed E-state index contributed by atoms with van der Waals surface area (Å²) >= 11 is 176. The van der Waals surface area contributed by atoms with Crippen LogP contribution in [-0.4, -0.2) is 5.11 Å². The monoisotopic (exact) mass is 1400 g/mol. The fourth-order valence-corrected chi connectivity index (χ4v) is 13.4. The summed E-state index contributed by atoms with van der Waals surface area (Å²) in [4.78, 5) is 0. The van der Waals surface area contributed by atoms with Crippen LogP contribution < -0.4 is 10.4 Å². The average molecular weight is 1410 g/mol. The molecular weight excluding hydrogens is 1410 g/mol. The quantitative estimate of drug-likeness (QED) is 0.139. The Hall–Kier alpha value is 2.20. The van der Waals surface area contributed by atoms with E-state index < -0.39 is 91.9 Å². The van der Waals surface area contributed by atoms with E-state index in [1.54, 1.807) is 0 Å². The van der Waals surface area contributed by atoms with E-state index >= 15 is 0 Å². The van der Waals surface area contributed by atoms with Crippen LogP contribution in [0.3, 0.4) is 0 Å². The molecule has 0 aromatic heterocycles. The molecule has 0 saturated heterocycles. The maximum atomic E-state index is 12.9. The lowest BCUT2D eigenvalue weighted by Crippen LogP contribution is -2.17. The second-order valence-electron chi connectivity index (χ2n) is 12.6. The van der Waals surface area contributed by atoms with Crippen LogP contribution in [-0.2, 0) is 5.11 Å². The summed E-state index contributed by atoms with van der Waals surface area (Å²) in [7, 11) is 0. The van der Waals surface area contributed by atoms with Crippen molar-refractivity contribution in [3.63, 3.8) is 0 Å². The molecule has 6 aromatic carbocycles. The largest absolute Gasteiger partial charge is 0.505 e. The molecule has 0 atom stereocenters. The summed E-state index contributed by atoms with van der Waals surface area (Å²) in [5.41, 5.74) is -1.81. The summed E-state index contributed by atoms with van der Waals surface area (Å²) in [6.07, 6.45) is 0. The summed E-state index contributed by atoms with van der Waals surface area (Å²) in [5.74, 6) is -1.67. The van der Waals surface area contributed by atoms with Crippen LogP contribution in [0.25, 0.3) is 11.1 Å². The van der Waals surface area contributed by atoms with Gasteiger partial charge in [-0.15, -0.1) is 0 Å². The topological polar surface area (TPSA) is 40.1 Å². The molecule has 347 valence electrons. The highest BCUT2D eigenvalue weighted by Gasteiger charge is 2.34. The van der Waals surface area contributed by atoms with Crippen LogP contribution in [0.15, 0.2) is 0 Å². The zero-order chi connectivity index (χ0) is 49.9. The highest BCUT2D eigenvalue weighted by molar-refractivity contribution is 6.59. The van der Waals surface area contributed by atoms with E-state index in [2.05, 4.69) is 0 Å². The Morgan fingerprint density at radius 1 is 0.227 bits per heavy atom. The summed E-state index contributed by atoms with van der Waals surface area (Å²) < 4.78 is 0. The lowest BCUT2D eigenvalue weighted by molar-refractivity contribution is 0.355. The number of rotatable bonds is 4. The van der Waals surface area contributed by atoms with Crippen molar-refractivity contribution in [3.8, 4) is 11.5 Å². The average Bonchev–Trinajstić information content (AvgIpc) is 3.28. The van der Waals surface area contributed by atoms with Crippen LogP contribution in [0.4, 0.5) is 0 Å². The molecule has 0 fully saturated rings.